The lowest BCUT2D eigenvalue weighted by molar-refractivity contribution is -0.718. The van der Waals surface area contributed by atoms with Crippen LogP contribution in [0.3, 0.4) is 0 Å². The molecular weight excluding hydrogens is 502 g/mol. The first-order valence-corrected chi connectivity index (χ1v) is 14.9. The third kappa shape index (κ3) is 4.03. The molecule has 0 spiro atoms. The summed E-state index contributed by atoms with van der Waals surface area (Å²) >= 11 is 0. The summed E-state index contributed by atoms with van der Waals surface area (Å²) in [5.41, 5.74) is 12.9. The average molecular weight is 541 g/mol. The number of pyridine rings is 2. The molecule has 0 saturated heterocycles. The SMILES string of the molecule is C=C1CC2C(CCc3ccc4c(oc5nc(C)ccc54)c3/C(=C/C)N1C)c1cc(C(C)C)ccc1-c1cccc[n+]12. The summed E-state index contributed by atoms with van der Waals surface area (Å²) in [5, 5.41) is 2.19. The number of rotatable bonds is 1. The molecule has 7 rings (SSSR count). The van der Waals surface area contributed by atoms with E-state index in [1.165, 1.54) is 33.5 Å². The summed E-state index contributed by atoms with van der Waals surface area (Å²) in [6.45, 7) is 13.4. The second-order valence-electron chi connectivity index (χ2n) is 12.1. The predicted molar refractivity (Wildman–Crippen MR) is 168 cm³/mol. The molecule has 0 amide bonds. The summed E-state index contributed by atoms with van der Waals surface area (Å²) in [5.74, 6) is 0.852. The van der Waals surface area contributed by atoms with Gasteiger partial charge in [-0.05, 0) is 73.6 Å². The average Bonchev–Trinajstić information content (AvgIpc) is 3.34. The van der Waals surface area contributed by atoms with Crippen LogP contribution in [0.25, 0.3) is 39.0 Å². The Labute approximate surface area is 242 Å². The van der Waals surface area contributed by atoms with Gasteiger partial charge in [0.15, 0.2) is 12.2 Å². The minimum atomic E-state index is 0.290. The van der Waals surface area contributed by atoms with Crippen molar-refractivity contribution in [1.29, 1.82) is 0 Å². The highest BCUT2D eigenvalue weighted by molar-refractivity contribution is 6.07. The van der Waals surface area contributed by atoms with Gasteiger partial charge in [-0.25, -0.2) is 4.98 Å². The first-order valence-electron chi connectivity index (χ1n) is 14.9. The van der Waals surface area contributed by atoms with Crippen molar-refractivity contribution in [1.82, 2.24) is 9.88 Å². The number of nitrogens with zero attached hydrogens (tertiary/aromatic N) is 3. The molecule has 2 atom stereocenters. The van der Waals surface area contributed by atoms with Gasteiger partial charge in [-0.15, -0.1) is 0 Å². The molecule has 2 unspecified atom stereocenters. The number of hydrogen-bond donors (Lipinski definition) is 0. The van der Waals surface area contributed by atoms with Crippen molar-refractivity contribution in [2.75, 3.05) is 7.05 Å². The molecular formula is C37H38N3O+. The zero-order chi connectivity index (χ0) is 28.4. The van der Waals surface area contributed by atoms with Gasteiger partial charge >= 0.3 is 0 Å². The highest BCUT2D eigenvalue weighted by atomic mass is 16.3. The molecule has 2 aliphatic rings. The lowest BCUT2D eigenvalue weighted by atomic mass is 9.76. The summed E-state index contributed by atoms with van der Waals surface area (Å²) in [6, 6.07) is 22.8. The number of fused-ring (bicyclic) bond motifs is 11. The van der Waals surface area contributed by atoms with Crippen LogP contribution in [0.4, 0.5) is 0 Å². The zero-order valence-electron chi connectivity index (χ0n) is 24.7. The third-order valence-corrected chi connectivity index (χ3v) is 9.40. The molecule has 2 aliphatic heterocycles. The van der Waals surface area contributed by atoms with Crippen LogP contribution < -0.4 is 4.57 Å². The van der Waals surface area contributed by atoms with E-state index in [1.54, 1.807) is 0 Å². The minimum Gasteiger partial charge on any atom is -0.437 e. The first-order chi connectivity index (χ1) is 19.9. The summed E-state index contributed by atoms with van der Waals surface area (Å²) in [4.78, 5) is 7.01. The number of benzene rings is 2. The van der Waals surface area contributed by atoms with E-state index in [1.807, 2.05) is 6.92 Å². The molecule has 0 radical (unpaired) electrons. The van der Waals surface area contributed by atoms with E-state index in [2.05, 4.69) is 117 Å². The Morgan fingerprint density at radius 2 is 1.90 bits per heavy atom. The molecule has 206 valence electrons. The summed E-state index contributed by atoms with van der Waals surface area (Å²) in [6.07, 6.45) is 7.35. The molecule has 0 N–H and O–H groups in total. The Bertz CT molecular complexity index is 1870. The Morgan fingerprint density at radius 1 is 1.07 bits per heavy atom. The van der Waals surface area contributed by atoms with E-state index in [0.29, 0.717) is 17.5 Å². The van der Waals surface area contributed by atoms with Crippen LogP contribution in [0.5, 0.6) is 0 Å². The summed E-state index contributed by atoms with van der Waals surface area (Å²) < 4.78 is 9.06. The fourth-order valence-corrected chi connectivity index (χ4v) is 7.15. The lowest BCUT2D eigenvalue weighted by Gasteiger charge is -2.35. The fraction of sp³-hybridized carbons (Fsp3) is 0.297. The topological polar surface area (TPSA) is 33.2 Å². The zero-order valence-corrected chi connectivity index (χ0v) is 24.7. The van der Waals surface area contributed by atoms with Crippen LogP contribution in [0.2, 0.25) is 0 Å². The van der Waals surface area contributed by atoms with Gasteiger partial charge in [0.1, 0.15) is 5.58 Å². The van der Waals surface area contributed by atoms with Crippen molar-refractivity contribution in [3.8, 4) is 11.3 Å². The minimum absolute atomic E-state index is 0.290. The normalized spacial score (nSPS) is 19.8. The van der Waals surface area contributed by atoms with E-state index in [0.717, 1.165) is 52.7 Å². The number of hydrogen-bond acceptors (Lipinski definition) is 3. The van der Waals surface area contributed by atoms with E-state index >= 15 is 0 Å². The van der Waals surface area contributed by atoms with Crippen LogP contribution in [0, 0.1) is 6.92 Å². The fourth-order valence-electron chi connectivity index (χ4n) is 7.15. The molecule has 0 fully saturated rings. The van der Waals surface area contributed by atoms with Gasteiger partial charge in [0.25, 0.3) is 0 Å². The van der Waals surface area contributed by atoms with E-state index < -0.39 is 0 Å². The highest BCUT2D eigenvalue weighted by Crippen LogP contribution is 2.46. The largest absolute Gasteiger partial charge is 0.437 e. The standard InChI is InChI=1S/C37H38N3O/c1-7-32-35-25(13-18-29-30-15-11-23(4)38-37(30)41-36(29)35)12-16-28-31-21-26(22(2)3)14-17-27(31)33-10-8-9-19-40(33)34(28)20-24(5)39(32)6/h7-11,13-15,17-19,21-22,28,34H,5,12,16,20H2,1-4,6H3/q+1/b32-7-. The van der Waals surface area contributed by atoms with Crippen molar-refractivity contribution in [2.45, 2.75) is 64.8 Å². The van der Waals surface area contributed by atoms with Crippen molar-refractivity contribution >= 4 is 27.8 Å². The maximum atomic E-state index is 6.55. The first kappa shape index (κ1) is 25.8. The number of aryl methyl sites for hydroxylation is 2. The van der Waals surface area contributed by atoms with Crippen LogP contribution in [-0.2, 0) is 6.42 Å². The molecule has 0 saturated carbocycles. The lowest BCUT2D eigenvalue weighted by Crippen LogP contribution is -2.48. The molecule has 4 nitrogen and oxygen atoms in total. The Morgan fingerprint density at radius 3 is 2.71 bits per heavy atom. The van der Waals surface area contributed by atoms with Crippen molar-refractivity contribution in [2.24, 2.45) is 0 Å². The van der Waals surface area contributed by atoms with Gasteiger partial charge in [-0.1, -0.05) is 50.8 Å². The van der Waals surface area contributed by atoms with Crippen LogP contribution >= 0.6 is 0 Å². The smallest absolute Gasteiger partial charge is 0.227 e. The van der Waals surface area contributed by atoms with Crippen LogP contribution in [0.15, 0.2) is 89.6 Å². The number of aromatic nitrogens is 2. The third-order valence-electron chi connectivity index (χ3n) is 9.40. The molecule has 0 bridgehead atoms. The van der Waals surface area contributed by atoms with E-state index in [-0.39, 0.29) is 6.04 Å². The summed E-state index contributed by atoms with van der Waals surface area (Å²) in [7, 11) is 2.16. The molecule has 4 heteroatoms. The predicted octanol–water partition coefficient (Wildman–Crippen LogP) is 8.85. The molecule has 5 heterocycles. The molecule has 5 aromatic rings. The van der Waals surface area contributed by atoms with E-state index in [9.17, 15) is 0 Å². The highest BCUT2D eigenvalue weighted by Gasteiger charge is 2.41. The van der Waals surface area contributed by atoms with E-state index in [4.69, 9.17) is 9.40 Å². The van der Waals surface area contributed by atoms with Gasteiger partial charge in [-0.2, -0.15) is 4.57 Å². The van der Waals surface area contributed by atoms with Crippen molar-refractivity contribution in [3.63, 3.8) is 0 Å². The number of furan rings is 1. The molecule has 41 heavy (non-hydrogen) atoms. The number of allylic oxidation sites excluding steroid dienone is 2. The molecule has 2 aromatic carbocycles. The van der Waals surface area contributed by atoms with Crippen LogP contribution in [0.1, 0.15) is 79.4 Å². The maximum absolute atomic E-state index is 6.55. The van der Waals surface area contributed by atoms with Gasteiger partial charge in [0.2, 0.25) is 11.4 Å². The Balaban J connectivity index is 1.44. The maximum Gasteiger partial charge on any atom is 0.227 e. The quantitative estimate of drug-likeness (QED) is 0.199. The van der Waals surface area contributed by atoms with Gasteiger partial charge in [-0.3, -0.25) is 0 Å². The van der Waals surface area contributed by atoms with Crippen LogP contribution in [-0.4, -0.2) is 16.9 Å². The monoisotopic (exact) mass is 540 g/mol. The van der Waals surface area contributed by atoms with Gasteiger partial charge < -0.3 is 9.32 Å². The van der Waals surface area contributed by atoms with Crippen molar-refractivity contribution in [3.05, 3.63) is 113 Å². The Hall–Kier alpha value is -4.18. The molecule has 0 aliphatic carbocycles. The second-order valence-corrected chi connectivity index (χ2v) is 12.1. The van der Waals surface area contributed by atoms with Gasteiger partial charge in [0, 0.05) is 64.1 Å². The Kier molecular flexibility index (Phi) is 6.11. The molecule has 3 aromatic heterocycles. The van der Waals surface area contributed by atoms with Crippen molar-refractivity contribution < 1.29 is 8.98 Å². The second kappa shape index (κ2) is 9.73. The van der Waals surface area contributed by atoms with Gasteiger partial charge in [0.05, 0.1) is 6.42 Å².